The molecule has 0 bridgehead atoms. The van der Waals surface area contributed by atoms with Crippen LogP contribution in [0.5, 0.6) is 0 Å². The molecule has 0 aromatic heterocycles. The predicted molar refractivity (Wildman–Crippen MR) is 172 cm³/mol. The fourth-order valence-electron chi connectivity index (χ4n) is 6.64. The van der Waals surface area contributed by atoms with Crippen LogP contribution in [-0.4, -0.2) is 72.1 Å². The molecular formula is C35H50N4O6. The predicted octanol–water partition coefficient (Wildman–Crippen LogP) is 3.99. The second kappa shape index (κ2) is 16.2. The number of hydrogen-bond donors (Lipinski definition) is 3. The fraction of sp³-hybridized carbons (Fsp3) is 0.629. The van der Waals surface area contributed by atoms with Gasteiger partial charge in [-0.2, -0.15) is 0 Å². The van der Waals surface area contributed by atoms with E-state index in [-0.39, 0.29) is 36.0 Å². The third-order valence-corrected chi connectivity index (χ3v) is 9.62. The van der Waals surface area contributed by atoms with Gasteiger partial charge < -0.3 is 25.6 Å². The lowest BCUT2D eigenvalue weighted by Gasteiger charge is -2.39. The zero-order valence-electron chi connectivity index (χ0n) is 27.2. The van der Waals surface area contributed by atoms with Gasteiger partial charge in [0.15, 0.2) is 0 Å². The second-order valence-electron chi connectivity index (χ2n) is 12.7. The van der Waals surface area contributed by atoms with Gasteiger partial charge in [0.2, 0.25) is 23.6 Å². The molecule has 0 saturated carbocycles. The van der Waals surface area contributed by atoms with Crippen LogP contribution in [0.2, 0.25) is 0 Å². The highest BCUT2D eigenvalue weighted by molar-refractivity contribution is 5.98. The van der Waals surface area contributed by atoms with Crippen molar-refractivity contribution in [3.8, 4) is 0 Å². The summed E-state index contributed by atoms with van der Waals surface area (Å²) in [6, 6.07) is 4.44. The highest BCUT2D eigenvalue weighted by Gasteiger charge is 2.40. The minimum Gasteiger partial charge on any atom is -0.373 e. The molecule has 6 atom stereocenters. The molecule has 2 saturated heterocycles. The Bertz CT molecular complexity index is 1280. The molecule has 0 spiro atoms. The third-order valence-electron chi connectivity index (χ3n) is 9.62. The van der Waals surface area contributed by atoms with Gasteiger partial charge in [-0.25, -0.2) is 0 Å². The Hall–Kier alpha value is -3.53. The average Bonchev–Trinajstić information content (AvgIpc) is 3.41. The van der Waals surface area contributed by atoms with Gasteiger partial charge in [0.1, 0.15) is 36.1 Å². The lowest BCUT2D eigenvalue weighted by molar-refractivity contribution is -0.147. The Balaban J connectivity index is 1.64. The second-order valence-corrected chi connectivity index (χ2v) is 12.7. The fourth-order valence-corrected chi connectivity index (χ4v) is 6.64. The highest BCUT2D eigenvalue weighted by atomic mass is 16.5. The van der Waals surface area contributed by atoms with E-state index in [4.69, 9.17) is 4.74 Å². The maximum atomic E-state index is 14.1. The van der Waals surface area contributed by atoms with Crippen LogP contribution in [0, 0.1) is 5.92 Å². The number of piperidine rings is 1. The summed E-state index contributed by atoms with van der Waals surface area (Å²) in [5.41, 5.74) is 2.81. The van der Waals surface area contributed by atoms with Gasteiger partial charge in [0.25, 0.3) is 0 Å². The minimum absolute atomic E-state index is 0.190. The smallest absolute Gasteiger partial charge is 0.245 e. The van der Waals surface area contributed by atoms with Crippen molar-refractivity contribution in [3.63, 3.8) is 0 Å². The van der Waals surface area contributed by atoms with Gasteiger partial charge in [-0.15, -0.1) is 0 Å². The number of ether oxygens (including phenoxy) is 1. The molecular weight excluding hydrogens is 572 g/mol. The number of hydrogen-bond acceptors (Lipinski definition) is 6. The van der Waals surface area contributed by atoms with Crippen LogP contribution in [0.15, 0.2) is 30.3 Å². The molecule has 2 heterocycles. The number of rotatable bonds is 12. The first-order valence-electron chi connectivity index (χ1n) is 16.7. The molecule has 1 aromatic carbocycles. The number of fused-ring (bicyclic) bond motifs is 2. The van der Waals surface area contributed by atoms with E-state index in [0.29, 0.717) is 45.1 Å². The summed E-state index contributed by atoms with van der Waals surface area (Å²) in [5.74, 6) is -1.45. The van der Waals surface area contributed by atoms with Crippen LogP contribution >= 0.6 is 0 Å². The number of carbonyl (C=O) groups excluding carboxylic acids is 5. The lowest BCUT2D eigenvalue weighted by atomic mass is 9.93. The van der Waals surface area contributed by atoms with E-state index in [9.17, 15) is 24.0 Å². The Morgan fingerprint density at radius 1 is 0.956 bits per heavy atom. The summed E-state index contributed by atoms with van der Waals surface area (Å²) < 4.78 is 5.68. The van der Waals surface area contributed by atoms with Crippen molar-refractivity contribution < 1.29 is 28.7 Å². The monoisotopic (exact) mass is 622 g/mol. The van der Waals surface area contributed by atoms with Crippen molar-refractivity contribution in [1.29, 1.82) is 0 Å². The zero-order chi connectivity index (χ0) is 32.5. The minimum atomic E-state index is -0.982. The number of unbranched alkanes of at least 4 members (excludes halogenated alkanes) is 2. The molecule has 2 aliphatic heterocycles. The molecule has 4 rings (SSSR count). The molecule has 10 heteroatoms. The van der Waals surface area contributed by atoms with Crippen molar-refractivity contribution in [1.82, 2.24) is 20.9 Å². The van der Waals surface area contributed by atoms with Crippen molar-refractivity contribution >= 4 is 35.0 Å². The van der Waals surface area contributed by atoms with Gasteiger partial charge in [-0.05, 0) is 60.8 Å². The van der Waals surface area contributed by atoms with Gasteiger partial charge in [-0.1, -0.05) is 64.3 Å². The van der Waals surface area contributed by atoms with Crippen LogP contribution in [0.1, 0.15) is 109 Å². The summed E-state index contributed by atoms with van der Waals surface area (Å²) in [4.78, 5) is 69.1. The summed E-state index contributed by atoms with van der Waals surface area (Å²) in [5, 5.41) is 8.91. The Morgan fingerprint density at radius 2 is 1.71 bits per heavy atom. The molecule has 3 aliphatic rings. The molecule has 4 amide bonds. The average molecular weight is 623 g/mol. The molecule has 3 unspecified atom stereocenters. The first-order chi connectivity index (χ1) is 21.7. The first-order valence-corrected chi connectivity index (χ1v) is 16.7. The van der Waals surface area contributed by atoms with Gasteiger partial charge >= 0.3 is 0 Å². The number of nitrogens with zero attached hydrogens (tertiary/aromatic N) is 1. The van der Waals surface area contributed by atoms with Crippen molar-refractivity contribution in [2.24, 2.45) is 5.92 Å². The van der Waals surface area contributed by atoms with Crippen molar-refractivity contribution in [2.45, 2.75) is 122 Å². The number of nitrogens with one attached hydrogen (secondary N) is 3. The number of amides is 4. The van der Waals surface area contributed by atoms with Gasteiger partial charge in [-0.3, -0.25) is 24.0 Å². The van der Waals surface area contributed by atoms with E-state index in [0.717, 1.165) is 42.4 Å². The van der Waals surface area contributed by atoms with Gasteiger partial charge in [0.05, 0.1) is 0 Å². The van der Waals surface area contributed by atoms with Crippen LogP contribution in [0.4, 0.5) is 0 Å². The summed E-state index contributed by atoms with van der Waals surface area (Å²) in [7, 11) is 1.63. The highest BCUT2D eigenvalue weighted by Crippen LogP contribution is 2.38. The van der Waals surface area contributed by atoms with Crippen LogP contribution in [0.25, 0.3) is 5.57 Å². The largest absolute Gasteiger partial charge is 0.373 e. The van der Waals surface area contributed by atoms with E-state index in [1.54, 1.807) is 12.0 Å². The van der Waals surface area contributed by atoms with Gasteiger partial charge in [0, 0.05) is 32.9 Å². The molecule has 246 valence electrons. The van der Waals surface area contributed by atoms with E-state index in [1.807, 2.05) is 51.1 Å². The lowest BCUT2D eigenvalue weighted by Crippen LogP contribution is -2.63. The Labute approximate surface area is 267 Å². The van der Waals surface area contributed by atoms with E-state index < -0.39 is 36.0 Å². The molecule has 2 fully saturated rings. The molecule has 1 aliphatic carbocycles. The molecule has 0 radical (unpaired) electrons. The maximum Gasteiger partial charge on any atom is 0.245 e. The quantitative estimate of drug-likeness (QED) is 0.302. The van der Waals surface area contributed by atoms with Crippen molar-refractivity contribution in [3.05, 3.63) is 41.5 Å². The number of methoxy groups -OCH3 is 1. The molecule has 3 N–H and O–H groups in total. The third kappa shape index (κ3) is 8.39. The standard InChI is InChI=1S/C35H50N4O6/c1-5-22(3)31-34(43)37-28(20-23-21-30(45-4)26-16-11-10-15-25(23)26)32(41)36-27(17-9-7-8-14-24(40)6-2)35(44)39-19-13-12-18-29(39)33(42)38-31/h10-11,15-16,21-22,27-31H,5-9,12-14,17-20H2,1-4H3,(H,36,41)(H,37,43)(H,38,42)/t22?,27-,28?,29-,30?,31-/m0/s1. The normalized spacial score (nSPS) is 26.4. The Morgan fingerprint density at radius 3 is 2.44 bits per heavy atom. The van der Waals surface area contributed by atoms with Crippen LogP contribution < -0.4 is 16.0 Å². The van der Waals surface area contributed by atoms with E-state index in [1.165, 1.54) is 0 Å². The topological polar surface area (TPSA) is 134 Å². The van der Waals surface area contributed by atoms with Crippen LogP contribution in [0.3, 0.4) is 0 Å². The number of Topliss-reactive ketones (excluding diaryl/α,β-unsaturated/α-hetero) is 1. The summed E-state index contributed by atoms with van der Waals surface area (Å²) in [6.45, 7) is 6.12. The molecule has 1 aromatic rings. The molecule has 10 nitrogen and oxygen atoms in total. The number of carbonyl (C=O) groups is 5. The number of benzene rings is 1. The molecule has 45 heavy (non-hydrogen) atoms. The maximum absolute atomic E-state index is 14.1. The van der Waals surface area contributed by atoms with E-state index >= 15 is 0 Å². The van der Waals surface area contributed by atoms with Crippen molar-refractivity contribution in [2.75, 3.05) is 13.7 Å². The van der Waals surface area contributed by atoms with E-state index in [2.05, 4.69) is 16.0 Å². The number of ketones is 1. The first kappa shape index (κ1) is 34.3. The SMILES string of the molecule is CCC(=O)CCCCC[C@@H]1NC(=O)C(CC2=CC(OC)c3ccccc32)NC(=O)[C@H](C(C)CC)NC(=O)[C@@H]2CCCCN2C1=O. The summed E-state index contributed by atoms with van der Waals surface area (Å²) in [6.07, 6.45) is 8.09. The zero-order valence-corrected chi connectivity index (χ0v) is 27.2. The Kier molecular flexibility index (Phi) is 12.3. The summed E-state index contributed by atoms with van der Waals surface area (Å²) >= 11 is 0. The van der Waals surface area contributed by atoms with Crippen LogP contribution in [-0.2, 0) is 28.7 Å².